The van der Waals surface area contributed by atoms with Gasteiger partial charge in [-0.3, -0.25) is 0 Å². The molecule has 0 heterocycles. The second-order valence-electron chi connectivity index (χ2n) is 8.18. The van der Waals surface area contributed by atoms with Crippen LogP contribution in [0, 0.1) is 29.1 Å². The fourth-order valence-electron chi connectivity index (χ4n) is 6.49. The van der Waals surface area contributed by atoms with Gasteiger partial charge in [-0.2, -0.15) is 0 Å². The van der Waals surface area contributed by atoms with Crippen molar-refractivity contribution in [1.29, 1.82) is 0 Å². The fourth-order valence-corrected chi connectivity index (χ4v) is 6.80. The van der Waals surface area contributed by atoms with Gasteiger partial charge in [0.1, 0.15) is 0 Å². The SMILES string of the molecule is NC(=S)C12CC3C(CC4CC4)C1CC3(c1ccccc1)C2. The second kappa shape index (κ2) is 3.90. The van der Waals surface area contributed by atoms with Crippen LogP contribution in [0.1, 0.15) is 44.1 Å². The molecule has 2 heteroatoms. The van der Waals surface area contributed by atoms with Crippen molar-refractivity contribution in [2.45, 2.75) is 43.9 Å². The van der Waals surface area contributed by atoms with Crippen LogP contribution in [0.2, 0.25) is 0 Å². The highest BCUT2D eigenvalue weighted by Gasteiger charge is 2.75. The molecular formula is C19H23NS. The van der Waals surface area contributed by atoms with Crippen molar-refractivity contribution in [2.24, 2.45) is 34.8 Å². The Morgan fingerprint density at radius 2 is 1.90 bits per heavy atom. The van der Waals surface area contributed by atoms with Crippen molar-refractivity contribution in [3.05, 3.63) is 35.9 Å². The number of hydrogen-bond acceptors (Lipinski definition) is 1. The summed E-state index contributed by atoms with van der Waals surface area (Å²) < 4.78 is 0. The van der Waals surface area contributed by atoms with Gasteiger partial charge in [0, 0.05) is 5.41 Å². The molecule has 21 heavy (non-hydrogen) atoms. The highest BCUT2D eigenvalue weighted by molar-refractivity contribution is 7.80. The Hall–Kier alpha value is -0.890. The molecule has 4 bridgehead atoms. The molecule has 0 radical (unpaired) electrons. The number of benzene rings is 1. The molecule has 5 unspecified atom stereocenters. The maximum absolute atomic E-state index is 6.26. The van der Waals surface area contributed by atoms with Gasteiger partial charge < -0.3 is 5.73 Å². The molecule has 0 aliphatic heterocycles. The van der Waals surface area contributed by atoms with Crippen molar-refractivity contribution in [2.75, 3.05) is 0 Å². The summed E-state index contributed by atoms with van der Waals surface area (Å²) >= 11 is 5.56. The minimum atomic E-state index is 0.204. The lowest BCUT2D eigenvalue weighted by Crippen LogP contribution is -2.37. The Bertz CT molecular complexity index is 607. The van der Waals surface area contributed by atoms with Crippen LogP contribution in [0.5, 0.6) is 0 Å². The van der Waals surface area contributed by atoms with E-state index in [1.807, 2.05) is 0 Å². The monoisotopic (exact) mass is 297 g/mol. The van der Waals surface area contributed by atoms with Gasteiger partial charge >= 0.3 is 0 Å². The average molecular weight is 297 g/mol. The first-order valence-corrected chi connectivity index (χ1v) is 8.92. The van der Waals surface area contributed by atoms with E-state index in [9.17, 15) is 0 Å². The van der Waals surface area contributed by atoms with Crippen LogP contribution in [0.3, 0.4) is 0 Å². The second-order valence-corrected chi connectivity index (χ2v) is 8.62. The van der Waals surface area contributed by atoms with Crippen molar-refractivity contribution < 1.29 is 0 Å². The summed E-state index contributed by atoms with van der Waals surface area (Å²) in [5.74, 6) is 3.53. The van der Waals surface area contributed by atoms with Crippen LogP contribution in [0.4, 0.5) is 0 Å². The molecule has 5 saturated carbocycles. The molecule has 2 N–H and O–H groups in total. The van der Waals surface area contributed by atoms with E-state index in [-0.39, 0.29) is 5.41 Å². The van der Waals surface area contributed by atoms with Gasteiger partial charge in [-0.1, -0.05) is 55.4 Å². The first-order valence-electron chi connectivity index (χ1n) is 8.51. The summed E-state index contributed by atoms with van der Waals surface area (Å²) in [5, 5.41) is 0. The van der Waals surface area contributed by atoms with Crippen LogP contribution in [-0.4, -0.2) is 4.99 Å². The van der Waals surface area contributed by atoms with Gasteiger partial charge in [-0.15, -0.1) is 0 Å². The summed E-state index contributed by atoms with van der Waals surface area (Å²) in [5.41, 5.74) is 8.43. The Balaban J connectivity index is 1.59. The number of hydrogen-bond donors (Lipinski definition) is 1. The molecule has 110 valence electrons. The van der Waals surface area contributed by atoms with E-state index < -0.39 is 0 Å². The molecule has 1 nitrogen and oxygen atoms in total. The largest absolute Gasteiger partial charge is 0.393 e. The Morgan fingerprint density at radius 1 is 1.14 bits per heavy atom. The first kappa shape index (κ1) is 12.6. The molecular weight excluding hydrogens is 274 g/mol. The zero-order valence-electron chi connectivity index (χ0n) is 12.4. The van der Waals surface area contributed by atoms with E-state index in [1.54, 1.807) is 5.56 Å². The van der Waals surface area contributed by atoms with E-state index in [2.05, 4.69) is 30.3 Å². The average Bonchev–Trinajstić information content (AvgIpc) is 2.93. The van der Waals surface area contributed by atoms with Crippen LogP contribution in [0.25, 0.3) is 0 Å². The molecule has 1 aromatic rings. The Morgan fingerprint density at radius 3 is 2.52 bits per heavy atom. The van der Waals surface area contributed by atoms with E-state index in [0.29, 0.717) is 5.41 Å². The number of rotatable bonds is 4. The predicted molar refractivity (Wildman–Crippen MR) is 89.0 cm³/mol. The molecule has 0 spiro atoms. The van der Waals surface area contributed by atoms with E-state index in [4.69, 9.17) is 18.0 Å². The van der Waals surface area contributed by atoms with Crippen LogP contribution in [-0.2, 0) is 5.41 Å². The van der Waals surface area contributed by atoms with Gasteiger partial charge in [0.2, 0.25) is 0 Å². The maximum atomic E-state index is 6.26. The summed E-state index contributed by atoms with van der Waals surface area (Å²) in [6.45, 7) is 0. The van der Waals surface area contributed by atoms with E-state index >= 15 is 0 Å². The number of thiocarbonyl (C=S) groups is 1. The van der Waals surface area contributed by atoms with Crippen molar-refractivity contribution >= 4 is 17.2 Å². The molecule has 0 amide bonds. The van der Waals surface area contributed by atoms with Gasteiger partial charge in [-0.25, -0.2) is 0 Å². The highest BCUT2D eigenvalue weighted by atomic mass is 32.1. The quantitative estimate of drug-likeness (QED) is 0.848. The lowest BCUT2D eigenvalue weighted by Gasteiger charge is -2.34. The molecule has 5 atom stereocenters. The first-order chi connectivity index (χ1) is 10.2. The summed E-state index contributed by atoms with van der Waals surface area (Å²) in [6, 6.07) is 11.2. The summed E-state index contributed by atoms with van der Waals surface area (Å²) in [7, 11) is 0. The van der Waals surface area contributed by atoms with Crippen LogP contribution < -0.4 is 5.73 Å². The zero-order valence-corrected chi connectivity index (χ0v) is 13.2. The molecule has 5 aliphatic rings. The van der Waals surface area contributed by atoms with Gasteiger partial charge in [0.05, 0.1) is 4.99 Å². The Labute approximate surface area is 132 Å². The molecule has 6 rings (SSSR count). The Kier molecular flexibility index (Phi) is 2.34. The lowest BCUT2D eigenvalue weighted by molar-refractivity contribution is 0.241. The fraction of sp³-hybridized carbons (Fsp3) is 0.632. The van der Waals surface area contributed by atoms with Gasteiger partial charge in [0.15, 0.2) is 0 Å². The predicted octanol–water partition coefficient (Wildman–Crippen LogP) is 4.06. The third kappa shape index (κ3) is 1.45. The van der Waals surface area contributed by atoms with E-state index in [1.165, 1.54) is 38.5 Å². The summed E-state index contributed by atoms with van der Waals surface area (Å²) in [6.07, 6.45) is 8.24. The number of nitrogens with two attached hydrogens (primary N) is 1. The lowest BCUT2D eigenvalue weighted by atomic mass is 9.70. The van der Waals surface area contributed by atoms with Gasteiger partial charge in [0.25, 0.3) is 0 Å². The molecule has 1 aromatic carbocycles. The molecule has 0 saturated heterocycles. The topological polar surface area (TPSA) is 26.0 Å². The van der Waals surface area contributed by atoms with Crippen molar-refractivity contribution in [3.63, 3.8) is 0 Å². The smallest absolute Gasteiger partial charge is 0.0793 e. The van der Waals surface area contributed by atoms with Crippen molar-refractivity contribution in [3.8, 4) is 0 Å². The molecule has 5 aliphatic carbocycles. The van der Waals surface area contributed by atoms with Crippen LogP contribution in [0.15, 0.2) is 30.3 Å². The zero-order chi connectivity index (χ0) is 14.2. The van der Waals surface area contributed by atoms with Gasteiger partial charge in [-0.05, 0) is 60.3 Å². The normalized spacial score (nSPS) is 46.4. The molecule has 5 fully saturated rings. The van der Waals surface area contributed by atoms with Crippen molar-refractivity contribution in [1.82, 2.24) is 0 Å². The van der Waals surface area contributed by atoms with Crippen LogP contribution >= 0.6 is 12.2 Å². The molecule has 0 aromatic heterocycles. The third-order valence-corrected chi connectivity index (χ3v) is 7.80. The highest BCUT2D eigenvalue weighted by Crippen LogP contribution is 2.79. The summed E-state index contributed by atoms with van der Waals surface area (Å²) in [4.78, 5) is 0.825. The minimum Gasteiger partial charge on any atom is -0.393 e. The third-order valence-electron chi connectivity index (χ3n) is 7.39. The minimum absolute atomic E-state index is 0.204. The maximum Gasteiger partial charge on any atom is 0.0793 e. The van der Waals surface area contributed by atoms with E-state index in [0.717, 1.165) is 28.7 Å². The standard InChI is InChI=1S/C19H23NS/c20-17(21)19-10-15-14(8-12-6-7-12)16(19)9-18(15,11-19)13-4-2-1-3-5-13/h1-5,12,14-16H,6-11H2,(H2,20,21).